The van der Waals surface area contributed by atoms with Crippen LogP contribution in [0.5, 0.6) is 0 Å². The standard InChI is InChI=1S/C14H23N3/c1-12-5-3-4-6-14(12)17-10-9-16(2)13(11-17)7-8-15/h3-6,13H,7-11,15H2,1-2H3. The molecule has 1 heterocycles. The van der Waals surface area contributed by atoms with Crippen LogP contribution in [0, 0.1) is 6.92 Å². The van der Waals surface area contributed by atoms with Crippen LogP contribution in [0.15, 0.2) is 24.3 Å². The number of anilines is 1. The summed E-state index contributed by atoms with van der Waals surface area (Å²) in [5.41, 5.74) is 8.43. The third-order valence-corrected chi connectivity index (χ3v) is 3.73. The molecule has 0 saturated carbocycles. The summed E-state index contributed by atoms with van der Waals surface area (Å²) in [6.45, 7) is 6.29. The van der Waals surface area contributed by atoms with Gasteiger partial charge in [0.2, 0.25) is 0 Å². The lowest BCUT2D eigenvalue weighted by Crippen LogP contribution is -2.52. The van der Waals surface area contributed by atoms with Crippen LogP contribution in [0.4, 0.5) is 5.69 Å². The normalized spacial score (nSPS) is 21.8. The first-order valence-corrected chi connectivity index (χ1v) is 6.43. The van der Waals surface area contributed by atoms with Crippen LogP contribution in [-0.2, 0) is 0 Å². The van der Waals surface area contributed by atoms with E-state index in [4.69, 9.17) is 5.73 Å². The predicted molar refractivity (Wildman–Crippen MR) is 73.5 cm³/mol. The first kappa shape index (κ1) is 12.4. The van der Waals surface area contributed by atoms with Crippen LogP contribution in [-0.4, -0.2) is 44.2 Å². The third-order valence-electron chi connectivity index (χ3n) is 3.73. The Labute approximate surface area is 104 Å². The van der Waals surface area contributed by atoms with E-state index < -0.39 is 0 Å². The number of likely N-dealkylation sites (N-methyl/N-ethyl adjacent to an activating group) is 1. The van der Waals surface area contributed by atoms with Gasteiger partial charge in [0.15, 0.2) is 0 Å². The summed E-state index contributed by atoms with van der Waals surface area (Å²) in [6, 6.07) is 9.23. The minimum absolute atomic E-state index is 0.591. The van der Waals surface area contributed by atoms with Gasteiger partial charge in [-0.1, -0.05) is 18.2 Å². The van der Waals surface area contributed by atoms with E-state index >= 15 is 0 Å². The molecule has 0 aliphatic carbocycles. The molecule has 3 heteroatoms. The molecule has 0 radical (unpaired) electrons. The lowest BCUT2D eigenvalue weighted by Gasteiger charge is -2.41. The Morgan fingerprint density at radius 3 is 2.76 bits per heavy atom. The zero-order valence-corrected chi connectivity index (χ0v) is 10.9. The number of benzene rings is 1. The molecule has 0 aromatic heterocycles. The van der Waals surface area contributed by atoms with Gasteiger partial charge in [0.1, 0.15) is 0 Å². The molecule has 1 saturated heterocycles. The molecule has 0 spiro atoms. The van der Waals surface area contributed by atoms with Gasteiger partial charge >= 0.3 is 0 Å². The maximum absolute atomic E-state index is 5.69. The van der Waals surface area contributed by atoms with Gasteiger partial charge in [-0.05, 0) is 38.6 Å². The summed E-state index contributed by atoms with van der Waals surface area (Å²) in [5, 5.41) is 0. The number of hydrogen-bond acceptors (Lipinski definition) is 3. The molecule has 1 unspecified atom stereocenters. The topological polar surface area (TPSA) is 32.5 Å². The van der Waals surface area contributed by atoms with Crippen LogP contribution in [0.1, 0.15) is 12.0 Å². The van der Waals surface area contributed by atoms with E-state index in [9.17, 15) is 0 Å². The highest BCUT2D eigenvalue weighted by Crippen LogP contribution is 2.22. The van der Waals surface area contributed by atoms with Crippen molar-refractivity contribution < 1.29 is 0 Å². The van der Waals surface area contributed by atoms with Gasteiger partial charge in [-0.25, -0.2) is 0 Å². The predicted octanol–water partition coefficient (Wildman–Crippen LogP) is 1.46. The lowest BCUT2D eigenvalue weighted by atomic mass is 10.1. The Kier molecular flexibility index (Phi) is 4.02. The molecule has 1 aromatic carbocycles. The molecule has 17 heavy (non-hydrogen) atoms. The molecule has 0 bridgehead atoms. The summed E-state index contributed by atoms with van der Waals surface area (Å²) in [4.78, 5) is 4.93. The maximum atomic E-state index is 5.69. The fourth-order valence-corrected chi connectivity index (χ4v) is 2.59. The molecule has 1 aliphatic rings. The van der Waals surface area contributed by atoms with Crippen LogP contribution in [0.3, 0.4) is 0 Å². The molecule has 2 N–H and O–H groups in total. The number of nitrogens with two attached hydrogens (primary N) is 1. The number of nitrogens with zero attached hydrogens (tertiary/aromatic N) is 2. The quantitative estimate of drug-likeness (QED) is 0.858. The smallest absolute Gasteiger partial charge is 0.0396 e. The number of aryl methyl sites for hydroxylation is 1. The van der Waals surface area contributed by atoms with Crippen molar-refractivity contribution in [3.05, 3.63) is 29.8 Å². The SMILES string of the molecule is Cc1ccccc1N1CCN(C)C(CCN)C1. The van der Waals surface area contributed by atoms with Crippen LogP contribution < -0.4 is 10.6 Å². The second-order valence-corrected chi connectivity index (χ2v) is 4.94. The zero-order valence-electron chi connectivity index (χ0n) is 10.9. The number of rotatable bonds is 3. The number of para-hydroxylation sites is 1. The minimum Gasteiger partial charge on any atom is -0.368 e. The van der Waals surface area contributed by atoms with Crippen molar-refractivity contribution in [2.45, 2.75) is 19.4 Å². The number of hydrogen-bond donors (Lipinski definition) is 1. The molecule has 1 aliphatic heterocycles. The molecule has 3 nitrogen and oxygen atoms in total. The van der Waals surface area contributed by atoms with Crippen molar-refractivity contribution in [3.63, 3.8) is 0 Å². The fraction of sp³-hybridized carbons (Fsp3) is 0.571. The van der Waals surface area contributed by atoms with E-state index in [1.54, 1.807) is 0 Å². The van der Waals surface area contributed by atoms with Gasteiger partial charge in [-0.2, -0.15) is 0 Å². The molecule has 2 rings (SSSR count). The van der Waals surface area contributed by atoms with Gasteiger partial charge in [0.05, 0.1) is 0 Å². The van der Waals surface area contributed by atoms with Crippen molar-refractivity contribution in [2.24, 2.45) is 5.73 Å². The van der Waals surface area contributed by atoms with E-state index in [0.717, 1.165) is 32.6 Å². The summed E-state index contributed by atoms with van der Waals surface area (Å²) >= 11 is 0. The Morgan fingerprint density at radius 2 is 2.06 bits per heavy atom. The van der Waals surface area contributed by atoms with E-state index in [-0.39, 0.29) is 0 Å². The van der Waals surface area contributed by atoms with Gasteiger partial charge in [-0.15, -0.1) is 0 Å². The van der Waals surface area contributed by atoms with E-state index in [1.807, 2.05) is 0 Å². The summed E-state index contributed by atoms with van der Waals surface area (Å²) in [7, 11) is 2.20. The second kappa shape index (κ2) is 5.52. The summed E-state index contributed by atoms with van der Waals surface area (Å²) in [6.07, 6.45) is 1.08. The van der Waals surface area contributed by atoms with E-state index in [1.165, 1.54) is 11.3 Å². The molecule has 1 fully saturated rings. The molecule has 1 atom stereocenters. The van der Waals surface area contributed by atoms with Gasteiger partial charge < -0.3 is 10.6 Å². The van der Waals surface area contributed by atoms with Crippen molar-refractivity contribution in [1.82, 2.24) is 4.90 Å². The minimum atomic E-state index is 0.591. The Hall–Kier alpha value is -1.06. The summed E-state index contributed by atoms with van der Waals surface area (Å²) in [5.74, 6) is 0. The first-order chi connectivity index (χ1) is 8.22. The highest BCUT2D eigenvalue weighted by molar-refractivity contribution is 5.53. The third kappa shape index (κ3) is 2.79. The monoisotopic (exact) mass is 233 g/mol. The maximum Gasteiger partial charge on any atom is 0.0396 e. The highest BCUT2D eigenvalue weighted by Gasteiger charge is 2.24. The number of piperazine rings is 1. The lowest BCUT2D eigenvalue weighted by molar-refractivity contribution is 0.210. The Balaban J connectivity index is 2.10. The van der Waals surface area contributed by atoms with Gasteiger partial charge in [0, 0.05) is 31.4 Å². The molecule has 94 valence electrons. The van der Waals surface area contributed by atoms with Crippen molar-refractivity contribution in [1.29, 1.82) is 0 Å². The second-order valence-electron chi connectivity index (χ2n) is 4.94. The average molecular weight is 233 g/mol. The average Bonchev–Trinajstić information content (AvgIpc) is 2.33. The van der Waals surface area contributed by atoms with Crippen LogP contribution >= 0.6 is 0 Å². The van der Waals surface area contributed by atoms with Crippen LogP contribution in [0.25, 0.3) is 0 Å². The molecular weight excluding hydrogens is 210 g/mol. The van der Waals surface area contributed by atoms with Crippen molar-refractivity contribution in [3.8, 4) is 0 Å². The van der Waals surface area contributed by atoms with E-state index in [0.29, 0.717) is 6.04 Å². The van der Waals surface area contributed by atoms with Crippen molar-refractivity contribution in [2.75, 3.05) is 38.1 Å². The van der Waals surface area contributed by atoms with Crippen LogP contribution in [0.2, 0.25) is 0 Å². The summed E-state index contributed by atoms with van der Waals surface area (Å²) < 4.78 is 0. The molecular formula is C14H23N3. The highest BCUT2D eigenvalue weighted by atomic mass is 15.3. The largest absolute Gasteiger partial charge is 0.368 e. The van der Waals surface area contributed by atoms with E-state index in [2.05, 4.69) is 48.0 Å². The zero-order chi connectivity index (χ0) is 12.3. The van der Waals surface area contributed by atoms with Crippen molar-refractivity contribution >= 4 is 5.69 Å². The van der Waals surface area contributed by atoms with Gasteiger partial charge in [0.25, 0.3) is 0 Å². The molecule has 0 amide bonds. The Bertz CT molecular complexity index is 364. The first-order valence-electron chi connectivity index (χ1n) is 6.43. The molecule has 1 aromatic rings. The fourth-order valence-electron chi connectivity index (χ4n) is 2.59. The van der Waals surface area contributed by atoms with Gasteiger partial charge in [-0.3, -0.25) is 4.90 Å². The Morgan fingerprint density at radius 1 is 1.29 bits per heavy atom.